The Morgan fingerprint density at radius 2 is 2.50 bits per heavy atom. The molecule has 0 atom stereocenters. The first-order valence-corrected chi connectivity index (χ1v) is 3.79. The van der Waals surface area contributed by atoms with E-state index < -0.39 is 7.04 Å². The van der Waals surface area contributed by atoms with Crippen molar-refractivity contribution in [1.82, 2.24) is 4.98 Å². The van der Waals surface area contributed by atoms with Crippen LogP contribution in [0.1, 0.15) is 18.0 Å². The van der Waals surface area contributed by atoms with Crippen LogP contribution in [0.4, 0.5) is 5.69 Å². The molecule has 0 unspecified atom stereocenters. The molecule has 1 heterocycles. The minimum Gasteiger partial charge on any atom is -0.480 e. The van der Waals surface area contributed by atoms with Crippen LogP contribution in [-0.4, -0.2) is 18.1 Å². The lowest BCUT2D eigenvalue weighted by Crippen LogP contribution is -2.10. The minimum atomic E-state index is -2.47. The maximum atomic E-state index is 6.99. The number of rotatable bonds is 3. The standard InChI is InChI=1S/C9H14N2O/c1-7(2)11-8-5-4-6-10-9(8)12-3/h4-7,11H,1-3H3/i3D3. The lowest BCUT2D eigenvalue weighted by atomic mass is 10.3. The van der Waals surface area contributed by atoms with Gasteiger partial charge in [0.05, 0.1) is 16.8 Å². The predicted octanol–water partition coefficient (Wildman–Crippen LogP) is 1.91. The molecule has 3 nitrogen and oxygen atoms in total. The molecule has 3 heteroatoms. The van der Waals surface area contributed by atoms with Crippen molar-refractivity contribution in [1.29, 1.82) is 0 Å². The minimum absolute atomic E-state index is 0.103. The van der Waals surface area contributed by atoms with Gasteiger partial charge in [0.25, 0.3) is 0 Å². The summed E-state index contributed by atoms with van der Waals surface area (Å²) in [6.07, 6.45) is 1.49. The van der Waals surface area contributed by atoms with Crippen molar-refractivity contribution in [2.45, 2.75) is 19.9 Å². The first kappa shape index (κ1) is 5.41. The molecule has 1 N–H and O–H groups in total. The first-order chi connectivity index (χ1) is 6.88. The Labute approximate surface area is 77.0 Å². The van der Waals surface area contributed by atoms with Gasteiger partial charge < -0.3 is 10.1 Å². The van der Waals surface area contributed by atoms with Gasteiger partial charge in [-0.3, -0.25) is 0 Å². The molecule has 0 bridgehead atoms. The van der Waals surface area contributed by atoms with Crippen molar-refractivity contribution in [2.24, 2.45) is 0 Å². The van der Waals surface area contributed by atoms with Gasteiger partial charge in [-0.2, -0.15) is 0 Å². The number of ether oxygens (including phenoxy) is 1. The molecule has 0 amide bonds. The number of aromatic nitrogens is 1. The second-order valence-electron chi connectivity index (χ2n) is 2.76. The third-order valence-corrected chi connectivity index (χ3v) is 1.31. The number of methoxy groups -OCH3 is 1. The van der Waals surface area contributed by atoms with Gasteiger partial charge in [0.2, 0.25) is 5.88 Å². The maximum Gasteiger partial charge on any atom is 0.237 e. The highest BCUT2D eigenvalue weighted by molar-refractivity contribution is 5.52. The summed E-state index contributed by atoms with van der Waals surface area (Å²) in [5, 5.41) is 3.06. The van der Waals surface area contributed by atoms with Crippen LogP contribution in [0, 0.1) is 0 Å². The van der Waals surface area contributed by atoms with Gasteiger partial charge in [-0.1, -0.05) is 0 Å². The summed E-state index contributed by atoms with van der Waals surface area (Å²) in [6, 6.07) is 3.64. The Kier molecular flexibility index (Phi) is 1.78. The Balaban J connectivity index is 2.86. The quantitative estimate of drug-likeness (QED) is 0.750. The van der Waals surface area contributed by atoms with Crippen molar-refractivity contribution >= 4 is 5.69 Å². The van der Waals surface area contributed by atoms with Crippen LogP contribution in [0.15, 0.2) is 18.3 Å². The third kappa shape index (κ3) is 2.12. The van der Waals surface area contributed by atoms with Gasteiger partial charge >= 0.3 is 0 Å². The lowest BCUT2D eigenvalue weighted by Gasteiger charge is -2.11. The van der Waals surface area contributed by atoms with E-state index in [0.29, 0.717) is 5.69 Å². The number of pyridine rings is 1. The summed E-state index contributed by atoms with van der Waals surface area (Å²) in [4.78, 5) is 3.87. The van der Waals surface area contributed by atoms with Crippen molar-refractivity contribution in [3.63, 3.8) is 0 Å². The molecule has 1 aromatic rings. The van der Waals surface area contributed by atoms with E-state index in [1.165, 1.54) is 6.20 Å². The molecule has 12 heavy (non-hydrogen) atoms. The fourth-order valence-corrected chi connectivity index (χ4v) is 0.893. The highest BCUT2D eigenvalue weighted by Crippen LogP contribution is 2.20. The average molecular weight is 169 g/mol. The van der Waals surface area contributed by atoms with Crippen LogP contribution in [0.3, 0.4) is 0 Å². The van der Waals surface area contributed by atoms with E-state index in [-0.39, 0.29) is 11.9 Å². The average Bonchev–Trinajstić information content (AvgIpc) is 2.05. The van der Waals surface area contributed by atoms with Gasteiger partial charge in [-0.15, -0.1) is 0 Å². The van der Waals surface area contributed by atoms with Crippen LogP contribution in [0.25, 0.3) is 0 Å². The molecule has 66 valence electrons. The second-order valence-corrected chi connectivity index (χ2v) is 2.76. The van der Waals surface area contributed by atoms with Crippen molar-refractivity contribution in [2.75, 3.05) is 12.4 Å². The smallest absolute Gasteiger partial charge is 0.237 e. The van der Waals surface area contributed by atoms with Gasteiger partial charge in [-0.05, 0) is 26.0 Å². The van der Waals surface area contributed by atoms with E-state index in [2.05, 4.69) is 10.3 Å². The number of nitrogens with one attached hydrogen (secondary N) is 1. The number of anilines is 1. The van der Waals surface area contributed by atoms with Crippen molar-refractivity contribution in [3.8, 4) is 5.88 Å². The normalized spacial score (nSPS) is 14.8. The largest absolute Gasteiger partial charge is 0.480 e. The fraction of sp³-hybridized carbons (Fsp3) is 0.444. The Morgan fingerprint density at radius 1 is 1.67 bits per heavy atom. The molecule has 1 aromatic heterocycles. The monoisotopic (exact) mass is 169 g/mol. The van der Waals surface area contributed by atoms with Crippen LogP contribution in [-0.2, 0) is 0 Å². The summed E-state index contributed by atoms with van der Waals surface area (Å²) >= 11 is 0. The molecule has 0 radical (unpaired) electrons. The highest BCUT2D eigenvalue weighted by Gasteiger charge is 2.02. The van der Waals surface area contributed by atoms with Crippen LogP contribution in [0.5, 0.6) is 5.88 Å². The molecular formula is C9H14N2O. The van der Waals surface area contributed by atoms with Gasteiger partial charge in [0, 0.05) is 12.2 Å². The van der Waals surface area contributed by atoms with Crippen LogP contribution < -0.4 is 10.1 Å². The molecule has 0 saturated carbocycles. The van der Waals surface area contributed by atoms with E-state index in [9.17, 15) is 0 Å². The molecule has 0 aromatic carbocycles. The van der Waals surface area contributed by atoms with Gasteiger partial charge in [0.1, 0.15) is 0 Å². The summed E-state index contributed by atoms with van der Waals surface area (Å²) in [6.45, 7) is 3.90. The van der Waals surface area contributed by atoms with E-state index >= 15 is 0 Å². The Hall–Kier alpha value is -1.25. The van der Waals surface area contributed by atoms with Gasteiger partial charge in [-0.25, -0.2) is 4.98 Å². The second kappa shape index (κ2) is 3.95. The predicted molar refractivity (Wildman–Crippen MR) is 49.5 cm³/mol. The fourth-order valence-electron chi connectivity index (χ4n) is 0.893. The zero-order chi connectivity index (χ0) is 11.5. The molecule has 0 fully saturated rings. The summed E-state index contributed by atoms with van der Waals surface area (Å²) in [5.74, 6) is 0.103. The molecule has 0 aliphatic rings. The van der Waals surface area contributed by atoms with E-state index in [4.69, 9.17) is 8.85 Å². The molecule has 1 rings (SSSR count). The molecule has 0 aliphatic heterocycles. The molecular weight excluding hydrogens is 152 g/mol. The number of nitrogens with zero attached hydrogens (tertiary/aromatic N) is 1. The zero-order valence-electron chi connectivity index (χ0n) is 10.2. The topological polar surface area (TPSA) is 34.1 Å². The summed E-state index contributed by atoms with van der Waals surface area (Å²) in [7, 11) is -2.47. The van der Waals surface area contributed by atoms with Crippen LogP contribution >= 0.6 is 0 Å². The zero-order valence-corrected chi connectivity index (χ0v) is 7.16. The summed E-state index contributed by atoms with van der Waals surface area (Å²) in [5.41, 5.74) is 0.587. The Morgan fingerprint density at radius 3 is 3.17 bits per heavy atom. The number of hydrogen-bond donors (Lipinski definition) is 1. The van der Waals surface area contributed by atoms with Gasteiger partial charge in [0.15, 0.2) is 0 Å². The third-order valence-electron chi connectivity index (χ3n) is 1.31. The van der Waals surface area contributed by atoms with E-state index in [0.717, 1.165) is 0 Å². The highest BCUT2D eigenvalue weighted by atomic mass is 16.5. The van der Waals surface area contributed by atoms with Crippen LogP contribution in [0.2, 0.25) is 0 Å². The lowest BCUT2D eigenvalue weighted by molar-refractivity contribution is 0.399. The van der Waals surface area contributed by atoms with E-state index in [1.807, 2.05) is 13.8 Å². The molecule has 0 spiro atoms. The first-order valence-electron chi connectivity index (χ1n) is 5.29. The van der Waals surface area contributed by atoms with Crippen molar-refractivity contribution < 1.29 is 8.85 Å². The van der Waals surface area contributed by atoms with Crippen molar-refractivity contribution in [3.05, 3.63) is 18.3 Å². The SMILES string of the molecule is [2H]C([2H])([2H])Oc1ncccc1NC(C)C. The molecule has 0 saturated heterocycles. The van der Waals surface area contributed by atoms with E-state index in [1.54, 1.807) is 12.1 Å². The summed E-state index contributed by atoms with van der Waals surface area (Å²) < 4.78 is 25.7. The Bertz CT molecular complexity index is 325. The number of hydrogen-bond acceptors (Lipinski definition) is 3. The maximum absolute atomic E-state index is 6.99. The molecule has 0 aliphatic carbocycles.